The molecule has 1 aromatic heterocycles. The van der Waals surface area contributed by atoms with Gasteiger partial charge in [0.25, 0.3) is 0 Å². The molecule has 0 spiro atoms. The van der Waals surface area contributed by atoms with E-state index in [0.29, 0.717) is 11.4 Å². The summed E-state index contributed by atoms with van der Waals surface area (Å²) in [6.07, 6.45) is 2.93. The summed E-state index contributed by atoms with van der Waals surface area (Å²) in [5.41, 5.74) is 11.1. The molecule has 1 aliphatic rings. The van der Waals surface area contributed by atoms with Gasteiger partial charge in [-0.3, -0.25) is 4.79 Å². The van der Waals surface area contributed by atoms with Crippen molar-refractivity contribution in [3.05, 3.63) is 47.5 Å². The van der Waals surface area contributed by atoms with Crippen LogP contribution >= 0.6 is 11.3 Å². The van der Waals surface area contributed by atoms with Crippen molar-refractivity contribution in [2.24, 2.45) is 0 Å². The molecule has 1 heterocycles. The molecule has 0 unspecified atom stereocenters. The molecule has 1 atom stereocenters. The number of nitrogen functional groups attached to an aromatic ring is 1. The molecule has 3 aromatic rings. The van der Waals surface area contributed by atoms with Gasteiger partial charge >= 0.3 is 5.97 Å². The summed E-state index contributed by atoms with van der Waals surface area (Å²) in [5, 5.41) is 22.7. The number of nitrogens with zero attached hydrogens (tertiary/aromatic N) is 2. The number of ether oxygens (including phenoxy) is 1. The quantitative estimate of drug-likeness (QED) is 0.472. The van der Waals surface area contributed by atoms with Crippen molar-refractivity contribution in [1.29, 1.82) is 0 Å². The molecule has 0 amide bonds. The molecule has 31 heavy (non-hydrogen) atoms. The lowest BCUT2D eigenvalue weighted by atomic mass is 9.85. The summed E-state index contributed by atoms with van der Waals surface area (Å²) >= 11 is 1.53. The summed E-state index contributed by atoms with van der Waals surface area (Å²) in [5.74, 6) is -0.179. The molecule has 0 saturated carbocycles. The Balaban J connectivity index is 1.62. The second-order valence-electron chi connectivity index (χ2n) is 7.92. The fourth-order valence-corrected chi connectivity index (χ4v) is 4.86. The van der Waals surface area contributed by atoms with Crippen LogP contribution in [0.4, 0.5) is 5.69 Å². The first-order valence-corrected chi connectivity index (χ1v) is 11.2. The van der Waals surface area contributed by atoms with E-state index in [0.717, 1.165) is 46.0 Å². The third-order valence-electron chi connectivity index (χ3n) is 5.28. The van der Waals surface area contributed by atoms with Crippen LogP contribution < -0.4 is 15.8 Å². The van der Waals surface area contributed by atoms with Crippen molar-refractivity contribution in [2.45, 2.75) is 45.3 Å². The molecule has 7 nitrogen and oxygen atoms in total. The zero-order valence-electron chi connectivity index (χ0n) is 17.6. The summed E-state index contributed by atoms with van der Waals surface area (Å²) in [6.45, 7) is 3.88. The van der Waals surface area contributed by atoms with Gasteiger partial charge in [-0.25, -0.2) is 0 Å². The van der Waals surface area contributed by atoms with Crippen LogP contribution in [0.2, 0.25) is 0 Å². The summed E-state index contributed by atoms with van der Waals surface area (Å²) in [7, 11) is 0. The number of carbonyl (C=O) groups is 1. The van der Waals surface area contributed by atoms with Crippen LogP contribution in [0.1, 0.15) is 43.9 Å². The molecular formula is C23H26N4O3S. The predicted octanol–water partition coefficient (Wildman–Crippen LogP) is 4.29. The molecule has 0 aliphatic heterocycles. The number of anilines is 1. The normalized spacial score (nSPS) is 15.6. The van der Waals surface area contributed by atoms with E-state index in [-0.39, 0.29) is 18.7 Å². The van der Waals surface area contributed by atoms with Gasteiger partial charge in [-0.05, 0) is 62.4 Å². The van der Waals surface area contributed by atoms with Gasteiger partial charge in [0, 0.05) is 17.2 Å². The molecule has 0 bridgehead atoms. The highest BCUT2D eigenvalue weighted by Crippen LogP contribution is 2.39. The highest BCUT2D eigenvalue weighted by atomic mass is 32.1. The van der Waals surface area contributed by atoms with E-state index in [2.05, 4.69) is 27.6 Å². The number of fused-ring (bicyclic) bond motifs is 1. The zero-order valence-corrected chi connectivity index (χ0v) is 18.4. The van der Waals surface area contributed by atoms with Crippen molar-refractivity contribution in [3.63, 3.8) is 0 Å². The van der Waals surface area contributed by atoms with E-state index in [1.807, 2.05) is 38.1 Å². The molecular weight excluding hydrogens is 412 g/mol. The minimum absolute atomic E-state index is 0.0421. The van der Waals surface area contributed by atoms with Gasteiger partial charge in [-0.2, -0.15) is 0 Å². The van der Waals surface area contributed by atoms with Crippen molar-refractivity contribution < 1.29 is 14.6 Å². The number of benzene rings is 2. The number of aliphatic carboxylic acids is 1. The molecule has 4 rings (SSSR count). The molecule has 0 fully saturated rings. The fraction of sp³-hybridized carbons (Fsp3) is 0.348. The summed E-state index contributed by atoms with van der Waals surface area (Å²) < 4.78 is 5.72. The van der Waals surface area contributed by atoms with E-state index in [4.69, 9.17) is 15.6 Å². The first-order valence-electron chi connectivity index (χ1n) is 10.4. The number of carboxylic acids is 1. The Morgan fingerprint density at radius 1 is 1.29 bits per heavy atom. The van der Waals surface area contributed by atoms with Gasteiger partial charge < -0.3 is 20.9 Å². The number of hydrogen-bond acceptors (Lipinski definition) is 7. The Labute approximate surface area is 185 Å². The number of carboxylic acid groups (broad SMARTS) is 1. The van der Waals surface area contributed by atoms with Crippen LogP contribution in [0, 0.1) is 0 Å². The Hall–Kier alpha value is -2.97. The van der Waals surface area contributed by atoms with Crippen LogP contribution in [-0.4, -0.2) is 33.9 Å². The Morgan fingerprint density at radius 2 is 2.10 bits per heavy atom. The average Bonchev–Trinajstić information content (AvgIpc) is 3.23. The molecule has 8 heteroatoms. The van der Waals surface area contributed by atoms with E-state index in [1.165, 1.54) is 16.9 Å². The van der Waals surface area contributed by atoms with Crippen molar-refractivity contribution in [3.8, 4) is 26.9 Å². The number of nitrogens with two attached hydrogens (primary N) is 1. The van der Waals surface area contributed by atoms with Gasteiger partial charge in [0.1, 0.15) is 15.8 Å². The minimum Gasteiger partial charge on any atom is -0.489 e. The Morgan fingerprint density at radius 3 is 2.84 bits per heavy atom. The number of hydrogen-bond donors (Lipinski definition) is 3. The Kier molecular flexibility index (Phi) is 6.20. The van der Waals surface area contributed by atoms with Crippen LogP contribution in [0.3, 0.4) is 0 Å². The van der Waals surface area contributed by atoms with E-state index in [1.54, 1.807) is 0 Å². The zero-order chi connectivity index (χ0) is 22.0. The molecule has 2 aromatic carbocycles. The van der Waals surface area contributed by atoms with Crippen LogP contribution in [0.15, 0.2) is 36.4 Å². The SMILES string of the molecule is CC(C)Oc1ccc(-c2nnc(-c3cccc4c3CCC[C@H]4NCC(=O)O)s2)cc1N. The number of nitrogens with one attached hydrogen (secondary N) is 1. The third kappa shape index (κ3) is 4.70. The summed E-state index contributed by atoms with van der Waals surface area (Å²) in [6, 6.07) is 11.9. The van der Waals surface area contributed by atoms with Crippen LogP contribution in [0.5, 0.6) is 5.75 Å². The highest BCUT2D eigenvalue weighted by Gasteiger charge is 2.24. The van der Waals surface area contributed by atoms with E-state index in [9.17, 15) is 4.79 Å². The second-order valence-corrected chi connectivity index (χ2v) is 8.90. The lowest BCUT2D eigenvalue weighted by molar-refractivity contribution is -0.136. The minimum atomic E-state index is -0.846. The maximum absolute atomic E-state index is 11.0. The van der Waals surface area contributed by atoms with Crippen molar-refractivity contribution in [1.82, 2.24) is 15.5 Å². The van der Waals surface area contributed by atoms with Gasteiger partial charge in [-0.1, -0.05) is 29.5 Å². The standard InChI is InChI=1S/C23H26N4O3S/c1-13(2)30-20-10-9-14(11-18(20)24)22-26-27-23(31-22)17-7-3-6-16-15(17)5-4-8-19(16)25-12-21(28)29/h3,6-7,9-11,13,19,25H,4-5,8,12,24H2,1-2H3,(H,28,29)/t19-/m1/s1. The molecule has 162 valence electrons. The van der Waals surface area contributed by atoms with Gasteiger partial charge in [0.05, 0.1) is 18.3 Å². The average molecular weight is 439 g/mol. The van der Waals surface area contributed by atoms with Gasteiger partial charge in [0.2, 0.25) is 0 Å². The van der Waals surface area contributed by atoms with Crippen molar-refractivity contribution >= 4 is 23.0 Å². The topological polar surface area (TPSA) is 110 Å². The van der Waals surface area contributed by atoms with Gasteiger partial charge in [0.15, 0.2) is 0 Å². The monoisotopic (exact) mass is 438 g/mol. The third-order valence-corrected chi connectivity index (χ3v) is 6.29. The Bertz CT molecular complexity index is 1100. The van der Waals surface area contributed by atoms with Crippen LogP contribution in [0.25, 0.3) is 21.1 Å². The number of aromatic nitrogens is 2. The molecule has 1 aliphatic carbocycles. The smallest absolute Gasteiger partial charge is 0.317 e. The van der Waals surface area contributed by atoms with E-state index < -0.39 is 5.97 Å². The highest BCUT2D eigenvalue weighted by molar-refractivity contribution is 7.17. The maximum atomic E-state index is 11.0. The van der Waals surface area contributed by atoms with Crippen molar-refractivity contribution in [2.75, 3.05) is 12.3 Å². The molecule has 0 radical (unpaired) electrons. The molecule has 4 N–H and O–H groups in total. The van der Waals surface area contributed by atoms with Gasteiger partial charge in [-0.15, -0.1) is 10.2 Å². The van der Waals surface area contributed by atoms with Crippen LogP contribution in [-0.2, 0) is 11.2 Å². The fourth-order valence-electron chi connectivity index (χ4n) is 3.96. The second kappa shape index (κ2) is 9.03. The number of rotatable bonds is 7. The summed E-state index contributed by atoms with van der Waals surface area (Å²) in [4.78, 5) is 11.0. The van der Waals surface area contributed by atoms with E-state index >= 15 is 0 Å². The molecule has 0 saturated heterocycles. The maximum Gasteiger partial charge on any atom is 0.317 e. The largest absolute Gasteiger partial charge is 0.489 e. The first-order chi connectivity index (χ1) is 14.9. The lowest BCUT2D eigenvalue weighted by Gasteiger charge is -2.27. The first kappa shape index (κ1) is 21.3. The lowest BCUT2D eigenvalue weighted by Crippen LogP contribution is -2.30. The predicted molar refractivity (Wildman–Crippen MR) is 122 cm³/mol.